The fraction of sp³-hybridized carbons (Fsp3) is 0.286. The van der Waals surface area contributed by atoms with Gasteiger partial charge in [-0.15, -0.1) is 0 Å². The average molecular weight is 407 g/mol. The highest BCUT2D eigenvalue weighted by atomic mass is 32.1. The summed E-state index contributed by atoms with van der Waals surface area (Å²) in [6.45, 7) is 4.51. The van der Waals surface area contributed by atoms with Crippen LogP contribution < -0.4 is 5.32 Å². The molecule has 29 heavy (non-hydrogen) atoms. The molecule has 8 heteroatoms. The van der Waals surface area contributed by atoms with Gasteiger partial charge in [-0.25, -0.2) is 9.97 Å². The van der Waals surface area contributed by atoms with Gasteiger partial charge in [-0.1, -0.05) is 17.4 Å². The molecule has 1 unspecified atom stereocenters. The first-order chi connectivity index (χ1) is 14.1. The van der Waals surface area contributed by atoms with Crippen molar-refractivity contribution in [2.24, 2.45) is 0 Å². The van der Waals surface area contributed by atoms with Gasteiger partial charge in [0.2, 0.25) is 0 Å². The van der Waals surface area contributed by atoms with Gasteiger partial charge in [0.15, 0.2) is 5.13 Å². The third-order valence-electron chi connectivity index (χ3n) is 5.24. The van der Waals surface area contributed by atoms with Crippen LogP contribution in [0.1, 0.15) is 17.7 Å². The molecule has 1 atom stereocenters. The summed E-state index contributed by atoms with van der Waals surface area (Å²) in [5.74, 6) is 0.784. The van der Waals surface area contributed by atoms with Crippen molar-refractivity contribution in [2.45, 2.75) is 26.0 Å². The molecule has 0 radical (unpaired) electrons. The number of aliphatic hydroxyl groups is 1. The molecule has 148 valence electrons. The SMILES string of the molecule is Cc1[nH]ncc1-c1ccc2nc(Nc3cc(CN4CCC(O)C4)ccn3)sc2c1. The molecule has 0 saturated carbocycles. The lowest BCUT2D eigenvalue weighted by Gasteiger charge is -2.15. The number of rotatable bonds is 5. The Morgan fingerprint density at radius 1 is 1.31 bits per heavy atom. The Labute approximate surface area is 172 Å². The molecule has 3 aromatic heterocycles. The molecular weight excluding hydrogens is 384 g/mol. The van der Waals surface area contributed by atoms with Crippen molar-refractivity contribution in [3.05, 3.63) is 54.0 Å². The van der Waals surface area contributed by atoms with Gasteiger partial charge in [0.05, 0.1) is 22.5 Å². The van der Waals surface area contributed by atoms with E-state index in [9.17, 15) is 5.11 Å². The minimum Gasteiger partial charge on any atom is -0.392 e. The van der Waals surface area contributed by atoms with Crippen LogP contribution in [0, 0.1) is 6.92 Å². The predicted molar refractivity (Wildman–Crippen MR) is 115 cm³/mol. The van der Waals surface area contributed by atoms with Crippen LogP contribution in [0.15, 0.2) is 42.7 Å². The highest BCUT2D eigenvalue weighted by Crippen LogP contribution is 2.32. The minimum absolute atomic E-state index is 0.201. The maximum Gasteiger partial charge on any atom is 0.189 e. The number of nitrogens with one attached hydrogen (secondary N) is 2. The molecule has 4 aromatic rings. The summed E-state index contributed by atoms with van der Waals surface area (Å²) in [6, 6.07) is 10.3. The number of likely N-dealkylation sites (tertiary alicyclic amines) is 1. The molecular formula is C21H22N6OS. The van der Waals surface area contributed by atoms with E-state index in [1.165, 1.54) is 5.56 Å². The lowest BCUT2D eigenvalue weighted by Crippen LogP contribution is -2.21. The van der Waals surface area contributed by atoms with Gasteiger partial charge in [-0.2, -0.15) is 5.10 Å². The third-order valence-corrected chi connectivity index (χ3v) is 6.18. The summed E-state index contributed by atoms with van der Waals surface area (Å²) in [6.07, 6.45) is 4.32. The van der Waals surface area contributed by atoms with E-state index >= 15 is 0 Å². The maximum atomic E-state index is 9.71. The van der Waals surface area contributed by atoms with Crippen LogP contribution in [0.25, 0.3) is 21.3 Å². The second-order valence-corrected chi connectivity index (χ2v) is 8.49. The summed E-state index contributed by atoms with van der Waals surface area (Å²) in [5.41, 5.74) is 5.43. The summed E-state index contributed by atoms with van der Waals surface area (Å²) in [7, 11) is 0. The minimum atomic E-state index is -0.201. The molecule has 4 heterocycles. The monoisotopic (exact) mass is 406 g/mol. The number of aromatic amines is 1. The van der Waals surface area contributed by atoms with E-state index in [2.05, 4.69) is 43.6 Å². The number of β-amino-alcohol motifs (C(OH)–C–C–N with tert-alkyl or cyclic N) is 1. The van der Waals surface area contributed by atoms with Crippen LogP contribution >= 0.6 is 11.3 Å². The van der Waals surface area contributed by atoms with Crippen molar-refractivity contribution < 1.29 is 5.11 Å². The molecule has 1 fully saturated rings. The van der Waals surface area contributed by atoms with Gasteiger partial charge < -0.3 is 10.4 Å². The number of hydrogen-bond acceptors (Lipinski definition) is 7. The lowest BCUT2D eigenvalue weighted by molar-refractivity contribution is 0.175. The summed E-state index contributed by atoms with van der Waals surface area (Å²) in [4.78, 5) is 11.4. The van der Waals surface area contributed by atoms with Crippen LogP contribution in [-0.4, -0.2) is 49.4 Å². The van der Waals surface area contributed by atoms with E-state index in [-0.39, 0.29) is 6.10 Å². The van der Waals surface area contributed by atoms with Crippen molar-refractivity contribution in [3.8, 4) is 11.1 Å². The molecule has 1 saturated heterocycles. The third kappa shape index (κ3) is 3.87. The van der Waals surface area contributed by atoms with E-state index in [0.29, 0.717) is 0 Å². The van der Waals surface area contributed by atoms with Crippen LogP contribution in [0.4, 0.5) is 10.9 Å². The number of aryl methyl sites for hydroxylation is 1. The maximum absolute atomic E-state index is 9.71. The van der Waals surface area contributed by atoms with Crippen molar-refractivity contribution in [1.82, 2.24) is 25.1 Å². The first-order valence-electron chi connectivity index (χ1n) is 9.67. The van der Waals surface area contributed by atoms with Gasteiger partial charge in [0.1, 0.15) is 5.82 Å². The second-order valence-electron chi connectivity index (χ2n) is 7.46. The number of nitrogens with zero attached hydrogens (tertiary/aromatic N) is 4. The largest absolute Gasteiger partial charge is 0.392 e. The van der Waals surface area contributed by atoms with Crippen molar-refractivity contribution in [3.63, 3.8) is 0 Å². The fourth-order valence-electron chi connectivity index (χ4n) is 3.75. The number of aliphatic hydroxyl groups excluding tert-OH is 1. The molecule has 0 aliphatic carbocycles. The van der Waals surface area contributed by atoms with E-state index in [0.717, 1.165) is 64.0 Å². The van der Waals surface area contributed by atoms with E-state index in [1.54, 1.807) is 11.3 Å². The number of benzene rings is 1. The van der Waals surface area contributed by atoms with Crippen molar-refractivity contribution in [2.75, 3.05) is 18.4 Å². The first-order valence-corrected chi connectivity index (χ1v) is 10.5. The normalized spacial score (nSPS) is 17.2. The highest BCUT2D eigenvalue weighted by Gasteiger charge is 2.20. The molecule has 0 spiro atoms. The molecule has 1 aliphatic rings. The number of anilines is 2. The van der Waals surface area contributed by atoms with Crippen molar-refractivity contribution >= 4 is 32.5 Å². The molecule has 1 aromatic carbocycles. The van der Waals surface area contributed by atoms with Gasteiger partial charge >= 0.3 is 0 Å². The Balaban J connectivity index is 1.35. The molecule has 0 amide bonds. The Hall–Kier alpha value is -2.81. The lowest BCUT2D eigenvalue weighted by atomic mass is 10.1. The Morgan fingerprint density at radius 2 is 2.24 bits per heavy atom. The number of thiazole rings is 1. The Kier molecular flexibility index (Phi) is 4.75. The van der Waals surface area contributed by atoms with Gasteiger partial charge in [-0.3, -0.25) is 10.00 Å². The zero-order chi connectivity index (χ0) is 19.8. The quantitative estimate of drug-likeness (QED) is 0.468. The molecule has 1 aliphatic heterocycles. The number of hydrogen-bond donors (Lipinski definition) is 3. The average Bonchev–Trinajstić information content (AvgIpc) is 3.41. The smallest absolute Gasteiger partial charge is 0.189 e. The van der Waals surface area contributed by atoms with Crippen LogP contribution in [0.3, 0.4) is 0 Å². The summed E-state index contributed by atoms with van der Waals surface area (Å²) in [5, 5.41) is 21.0. The highest BCUT2D eigenvalue weighted by molar-refractivity contribution is 7.22. The van der Waals surface area contributed by atoms with E-state index in [4.69, 9.17) is 4.98 Å². The predicted octanol–water partition coefficient (Wildman–Crippen LogP) is 3.70. The van der Waals surface area contributed by atoms with Gasteiger partial charge in [0, 0.05) is 37.1 Å². The zero-order valence-electron chi connectivity index (χ0n) is 16.1. The van der Waals surface area contributed by atoms with Gasteiger partial charge in [0.25, 0.3) is 0 Å². The summed E-state index contributed by atoms with van der Waals surface area (Å²) < 4.78 is 1.12. The molecule has 0 bridgehead atoms. The fourth-order valence-corrected chi connectivity index (χ4v) is 4.66. The molecule has 7 nitrogen and oxygen atoms in total. The summed E-state index contributed by atoms with van der Waals surface area (Å²) >= 11 is 1.61. The molecule has 5 rings (SSSR count). The first kappa shape index (κ1) is 18.2. The van der Waals surface area contributed by atoms with E-state index < -0.39 is 0 Å². The standard InChI is InChI=1S/C21H22N6OS/c1-13-17(10-23-26-13)15-2-3-18-19(9-15)29-21(24-18)25-20-8-14(4-6-22-20)11-27-7-5-16(28)12-27/h2-4,6,8-10,16,28H,5,7,11-12H2,1H3,(H,23,26)(H,22,24,25). The van der Waals surface area contributed by atoms with Crippen LogP contribution in [-0.2, 0) is 6.54 Å². The zero-order valence-corrected chi connectivity index (χ0v) is 16.9. The number of H-pyrrole nitrogens is 1. The van der Waals surface area contributed by atoms with Crippen LogP contribution in [0.5, 0.6) is 0 Å². The number of fused-ring (bicyclic) bond motifs is 1. The number of pyridine rings is 1. The Bertz CT molecular complexity index is 1150. The van der Waals surface area contributed by atoms with Crippen LogP contribution in [0.2, 0.25) is 0 Å². The second kappa shape index (κ2) is 7.55. The Morgan fingerprint density at radius 3 is 3.03 bits per heavy atom. The van der Waals surface area contributed by atoms with Gasteiger partial charge in [-0.05, 0) is 48.7 Å². The van der Waals surface area contributed by atoms with E-state index in [1.807, 2.05) is 31.5 Å². The van der Waals surface area contributed by atoms with Crippen molar-refractivity contribution in [1.29, 1.82) is 0 Å². The molecule has 3 N–H and O–H groups in total. The topological polar surface area (TPSA) is 90.0 Å². The number of aromatic nitrogens is 4.